The molecular formula is C24H36N4OS. The van der Waals surface area contributed by atoms with E-state index in [1.54, 1.807) is 18.7 Å². The van der Waals surface area contributed by atoms with Gasteiger partial charge in [-0.05, 0) is 52.2 Å². The molecule has 0 radical (unpaired) electrons. The van der Waals surface area contributed by atoms with Gasteiger partial charge in [-0.3, -0.25) is 4.79 Å². The fourth-order valence-corrected chi connectivity index (χ4v) is 4.09. The minimum atomic E-state index is -0.0815. The first-order valence-electron chi connectivity index (χ1n) is 10.5. The number of aromatic amines is 1. The number of thioether (sulfide) groups is 1. The molecule has 1 aromatic rings. The number of anilines is 1. The summed E-state index contributed by atoms with van der Waals surface area (Å²) < 4.78 is 0. The number of nitrogens with one attached hydrogen (secondary N) is 2. The maximum absolute atomic E-state index is 12.3. The molecule has 0 bridgehead atoms. The highest BCUT2D eigenvalue weighted by Crippen LogP contribution is 2.28. The van der Waals surface area contributed by atoms with E-state index in [1.165, 1.54) is 5.57 Å². The lowest BCUT2D eigenvalue weighted by Crippen LogP contribution is -2.27. The van der Waals surface area contributed by atoms with Crippen molar-refractivity contribution >= 4 is 17.6 Å². The molecule has 5 nitrogen and oxygen atoms in total. The number of nitrogens with two attached hydrogens (primary N) is 1. The van der Waals surface area contributed by atoms with Crippen molar-refractivity contribution in [3.8, 4) is 12.3 Å². The van der Waals surface area contributed by atoms with Crippen molar-refractivity contribution in [2.24, 2.45) is 5.73 Å². The lowest BCUT2D eigenvalue weighted by molar-refractivity contribution is 0.678. The third kappa shape index (κ3) is 8.54. The van der Waals surface area contributed by atoms with Crippen molar-refractivity contribution in [3.05, 3.63) is 56.1 Å². The number of hydrogen-bond donors (Lipinski definition) is 3. The molecule has 1 rings (SSSR count). The summed E-state index contributed by atoms with van der Waals surface area (Å²) in [6, 6.07) is 0.0173. The smallest absolute Gasteiger partial charge is 0.256 e. The van der Waals surface area contributed by atoms with Gasteiger partial charge in [0, 0.05) is 17.0 Å². The van der Waals surface area contributed by atoms with Crippen LogP contribution in [0, 0.1) is 19.3 Å². The molecular weight excluding hydrogens is 392 g/mol. The van der Waals surface area contributed by atoms with E-state index in [0.29, 0.717) is 30.0 Å². The Bertz CT molecular complexity index is 870. The Balaban J connectivity index is 3.04. The van der Waals surface area contributed by atoms with E-state index in [0.717, 1.165) is 35.6 Å². The highest BCUT2D eigenvalue weighted by molar-refractivity contribution is 8.03. The third-order valence-electron chi connectivity index (χ3n) is 4.62. The van der Waals surface area contributed by atoms with Gasteiger partial charge in [0.25, 0.3) is 5.56 Å². The molecule has 0 spiro atoms. The largest absolute Gasteiger partial charge is 0.402 e. The molecule has 4 N–H and O–H groups in total. The average Bonchev–Trinajstić information content (AvgIpc) is 2.68. The van der Waals surface area contributed by atoms with Gasteiger partial charge in [-0.25, -0.2) is 4.98 Å². The van der Waals surface area contributed by atoms with Crippen molar-refractivity contribution in [1.29, 1.82) is 0 Å². The second-order valence-corrected chi connectivity index (χ2v) is 8.56. The van der Waals surface area contributed by atoms with Crippen molar-refractivity contribution in [2.45, 2.75) is 72.8 Å². The SMILES string of the molecule is C#CC/C=C\C=C(/C)CCCC(Nc1nc(C)[nH]c(=O)c1CC)/C(SCC)=C(\C)N. The van der Waals surface area contributed by atoms with Crippen LogP contribution in [0.1, 0.15) is 64.8 Å². The third-order valence-corrected chi connectivity index (χ3v) is 5.83. The monoisotopic (exact) mass is 428 g/mol. The number of allylic oxidation sites excluding steroid dienone is 5. The highest BCUT2D eigenvalue weighted by atomic mass is 32.2. The molecule has 0 saturated carbocycles. The lowest BCUT2D eigenvalue weighted by atomic mass is 10.0. The van der Waals surface area contributed by atoms with E-state index in [1.807, 2.05) is 26.0 Å². The fourth-order valence-electron chi connectivity index (χ4n) is 3.17. The van der Waals surface area contributed by atoms with Gasteiger partial charge >= 0.3 is 0 Å². The predicted octanol–water partition coefficient (Wildman–Crippen LogP) is 5.06. The van der Waals surface area contributed by atoms with Gasteiger partial charge in [-0.2, -0.15) is 0 Å². The number of hydrogen-bond acceptors (Lipinski definition) is 5. The quantitative estimate of drug-likeness (QED) is 0.320. The molecule has 0 fully saturated rings. The van der Waals surface area contributed by atoms with Crippen LogP contribution in [-0.2, 0) is 6.42 Å². The summed E-state index contributed by atoms with van der Waals surface area (Å²) in [5, 5.41) is 3.53. The second-order valence-electron chi connectivity index (χ2n) is 7.25. The Hall–Kier alpha value is -2.39. The minimum Gasteiger partial charge on any atom is -0.402 e. The summed E-state index contributed by atoms with van der Waals surface area (Å²) in [7, 11) is 0. The van der Waals surface area contributed by atoms with Crippen molar-refractivity contribution in [2.75, 3.05) is 11.1 Å². The van der Waals surface area contributed by atoms with E-state index in [2.05, 4.69) is 41.1 Å². The van der Waals surface area contributed by atoms with E-state index >= 15 is 0 Å². The van der Waals surface area contributed by atoms with Crippen molar-refractivity contribution in [1.82, 2.24) is 9.97 Å². The first kappa shape index (κ1) is 25.6. The molecule has 30 heavy (non-hydrogen) atoms. The summed E-state index contributed by atoms with van der Waals surface area (Å²) in [5.74, 6) is 4.80. The summed E-state index contributed by atoms with van der Waals surface area (Å²) in [4.78, 5) is 20.8. The van der Waals surface area contributed by atoms with E-state index in [9.17, 15) is 4.79 Å². The molecule has 0 aliphatic carbocycles. The molecule has 0 saturated heterocycles. The Labute approximate surface area is 185 Å². The number of aryl methyl sites for hydroxylation is 1. The van der Waals surface area contributed by atoms with Crippen LogP contribution in [0.2, 0.25) is 0 Å². The van der Waals surface area contributed by atoms with Crippen LogP contribution < -0.4 is 16.6 Å². The number of nitrogens with zero attached hydrogens (tertiary/aromatic N) is 1. The molecule has 1 aromatic heterocycles. The Morgan fingerprint density at radius 1 is 1.40 bits per heavy atom. The van der Waals surface area contributed by atoms with E-state index in [-0.39, 0.29) is 11.6 Å². The summed E-state index contributed by atoms with van der Waals surface area (Å²) >= 11 is 1.75. The first-order chi connectivity index (χ1) is 14.3. The van der Waals surface area contributed by atoms with Crippen LogP contribution in [0.4, 0.5) is 5.82 Å². The Morgan fingerprint density at radius 2 is 2.13 bits per heavy atom. The van der Waals surface area contributed by atoms with Gasteiger partial charge in [-0.15, -0.1) is 24.1 Å². The average molecular weight is 429 g/mol. The minimum absolute atomic E-state index is 0.0173. The first-order valence-corrected chi connectivity index (χ1v) is 11.5. The predicted molar refractivity (Wildman–Crippen MR) is 132 cm³/mol. The summed E-state index contributed by atoms with van der Waals surface area (Å²) in [6.07, 6.45) is 15.5. The van der Waals surface area contributed by atoms with Crippen LogP contribution in [0.3, 0.4) is 0 Å². The van der Waals surface area contributed by atoms with Crippen molar-refractivity contribution in [3.63, 3.8) is 0 Å². The lowest BCUT2D eigenvalue weighted by Gasteiger charge is -2.24. The van der Waals surface area contributed by atoms with E-state index in [4.69, 9.17) is 12.2 Å². The number of rotatable bonds is 12. The van der Waals surface area contributed by atoms with E-state index < -0.39 is 0 Å². The van der Waals surface area contributed by atoms with Gasteiger partial charge < -0.3 is 16.0 Å². The Morgan fingerprint density at radius 3 is 2.73 bits per heavy atom. The molecule has 1 unspecified atom stereocenters. The number of H-pyrrole nitrogens is 1. The van der Waals surface area contributed by atoms with Crippen molar-refractivity contribution < 1.29 is 0 Å². The van der Waals surface area contributed by atoms with Gasteiger partial charge in [0.2, 0.25) is 0 Å². The molecule has 1 atom stereocenters. The summed E-state index contributed by atoms with van der Waals surface area (Å²) in [5.41, 5.74) is 8.94. The summed E-state index contributed by atoms with van der Waals surface area (Å²) in [6.45, 7) is 9.95. The zero-order chi connectivity index (χ0) is 22.5. The molecule has 164 valence electrons. The molecule has 0 aromatic carbocycles. The number of terminal acetylenes is 1. The molecule has 6 heteroatoms. The zero-order valence-electron chi connectivity index (χ0n) is 19.0. The topological polar surface area (TPSA) is 83.8 Å². The standard InChI is InChI=1S/C24H36N4OS/c1-7-10-11-12-14-17(4)15-13-16-21(22(18(5)25)30-9-3)28-23-20(8-2)24(29)27-19(6)26-23/h1,11-12,14,21H,8-10,13,15-16,25H2,2-6H3,(H2,26,27,28,29)/b12-11-,17-14+,22-18-. The highest BCUT2D eigenvalue weighted by Gasteiger charge is 2.19. The Kier molecular flexibility index (Phi) is 11.8. The van der Waals surface area contributed by atoms with Gasteiger partial charge in [0.05, 0.1) is 11.6 Å². The zero-order valence-corrected chi connectivity index (χ0v) is 19.8. The molecule has 0 aliphatic rings. The maximum atomic E-state index is 12.3. The maximum Gasteiger partial charge on any atom is 0.256 e. The second kappa shape index (κ2) is 13.8. The molecule has 0 aliphatic heterocycles. The van der Waals surface area contributed by atoms with Crippen LogP contribution in [0.15, 0.2) is 39.2 Å². The number of aromatic nitrogens is 2. The van der Waals surface area contributed by atoms with Crippen LogP contribution in [-0.4, -0.2) is 21.8 Å². The van der Waals surface area contributed by atoms with Gasteiger partial charge in [0.15, 0.2) is 0 Å². The normalized spacial score (nSPS) is 13.8. The van der Waals surface area contributed by atoms with Crippen LogP contribution >= 0.6 is 11.8 Å². The molecule has 0 amide bonds. The fraction of sp³-hybridized carbons (Fsp3) is 0.500. The van der Waals surface area contributed by atoms with Crippen LogP contribution in [0.25, 0.3) is 0 Å². The van der Waals surface area contributed by atoms with Gasteiger partial charge in [0.1, 0.15) is 11.6 Å². The van der Waals surface area contributed by atoms with Gasteiger partial charge in [-0.1, -0.05) is 37.6 Å². The molecule has 1 heterocycles. The van der Waals surface area contributed by atoms with Crippen LogP contribution in [0.5, 0.6) is 0 Å².